The first-order valence-electron chi connectivity index (χ1n) is 4.37. The summed E-state index contributed by atoms with van der Waals surface area (Å²) in [6, 6.07) is 6.68. The van der Waals surface area contributed by atoms with Gasteiger partial charge in [0.2, 0.25) is 10.0 Å². The lowest BCUT2D eigenvalue weighted by Crippen LogP contribution is -2.23. The Hall–Kier alpha value is -1.07. The van der Waals surface area contributed by atoms with Gasteiger partial charge in [0.15, 0.2) is 0 Å². The van der Waals surface area contributed by atoms with Crippen molar-refractivity contribution in [3.05, 3.63) is 24.3 Å². The second kappa shape index (κ2) is 4.43. The minimum atomic E-state index is -3.33. The van der Waals surface area contributed by atoms with E-state index in [1.807, 2.05) is 6.07 Å². The molecule has 4 nitrogen and oxygen atoms in total. The molecule has 1 aromatic rings. The van der Waals surface area contributed by atoms with Gasteiger partial charge >= 0.3 is 0 Å². The van der Waals surface area contributed by atoms with Crippen LogP contribution in [0.3, 0.4) is 0 Å². The third-order valence-electron chi connectivity index (χ3n) is 1.77. The fourth-order valence-corrected chi connectivity index (χ4v) is 2.18. The Balaban J connectivity index is 3.07. The molecule has 0 aliphatic heterocycles. The van der Waals surface area contributed by atoms with Gasteiger partial charge < -0.3 is 5.32 Å². The first kappa shape index (κ1) is 11.0. The molecule has 2 N–H and O–H groups in total. The van der Waals surface area contributed by atoms with Crippen molar-refractivity contribution in [2.24, 2.45) is 0 Å². The Morgan fingerprint density at radius 1 is 1.36 bits per heavy atom. The zero-order valence-corrected chi connectivity index (χ0v) is 9.06. The number of hydrogen-bond acceptors (Lipinski definition) is 3. The van der Waals surface area contributed by atoms with Crippen LogP contribution in [0.1, 0.15) is 6.92 Å². The van der Waals surface area contributed by atoms with Crippen LogP contribution in [-0.4, -0.2) is 22.0 Å². The van der Waals surface area contributed by atoms with Gasteiger partial charge in [-0.1, -0.05) is 13.0 Å². The van der Waals surface area contributed by atoms with Gasteiger partial charge in [0, 0.05) is 19.3 Å². The number of sulfonamides is 1. The maximum Gasteiger partial charge on any atom is 0.240 e. The zero-order chi connectivity index (χ0) is 10.6. The van der Waals surface area contributed by atoms with Crippen molar-refractivity contribution in [1.29, 1.82) is 0 Å². The Bertz CT molecular complexity index is 401. The second-order valence-electron chi connectivity index (χ2n) is 2.78. The molecule has 1 aromatic carbocycles. The smallest absolute Gasteiger partial charge is 0.240 e. The van der Waals surface area contributed by atoms with E-state index in [-0.39, 0.29) is 4.90 Å². The Kier molecular flexibility index (Phi) is 3.49. The van der Waals surface area contributed by atoms with Crippen molar-refractivity contribution in [3.63, 3.8) is 0 Å². The van der Waals surface area contributed by atoms with Crippen LogP contribution in [0, 0.1) is 0 Å². The molecule has 0 fully saturated rings. The highest BCUT2D eigenvalue weighted by molar-refractivity contribution is 7.89. The van der Waals surface area contributed by atoms with Gasteiger partial charge in [-0.05, 0) is 18.2 Å². The molecule has 0 aliphatic rings. The van der Waals surface area contributed by atoms with E-state index in [2.05, 4.69) is 10.0 Å². The largest absolute Gasteiger partial charge is 0.388 e. The fraction of sp³-hybridized carbons (Fsp3) is 0.333. The molecular formula is C9H14N2O2S. The van der Waals surface area contributed by atoms with Gasteiger partial charge in [-0.2, -0.15) is 0 Å². The molecule has 0 bridgehead atoms. The van der Waals surface area contributed by atoms with E-state index in [0.717, 1.165) is 5.69 Å². The lowest BCUT2D eigenvalue weighted by molar-refractivity contribution is 0.584. The molecule has 0 radical (unpaired) electrons. The van der Waals surface area contributed by atoms with E-state index in [0.29, 0.717) is 6.54 Å². The highest BCUT2D eigenvalue weighted by Gasteiger charge is 2.11. The van der Waals surface area contributed by atoms with Crippen molar-refractivity contribution < 1.29 is 8.42 Å². The predicted octanol–water partition coefficient (Wildman–Crippen LogP) is 1.03. The first-order valence-corrected chi connectivity index (χ1v) is 5.86. The Labute approximate surface area is 84.4 Å². The zero-order valence-electron chi connectivity index (χ0n) is 8.24. The molecule has 0 heterocycles. The van der Waals surface area contributed by atoms with E-state index in [4.69, 9.17) is 0 Å². The highest BCUT2D eigenvalue weighted by Crippen LogP contribution is 2.14. The number of nitrogens with one attached hydrogen (secondary N) is 2. The summed E-state index contributed by atoms with van der Waals surface area (Å²) >= 11 is 0. The molecule has 0 aromatic heterocycles. The van der Waals surface area contributed by atoms with Crippen molar-refractivity contribution in [2.45, 2.75) is 11.8 Å². The Morgan fingerprint density at radius 3 is 2.64 bits per heavy atom. The summed E-state index contributed by atoms with van der Waals surface area (Å²) in [6.07, 6.45) is 0. The fourth-order valence-electron chi connectivity index (χ4n) is 1.09. The van der Waals surface area contributed by atoms with Crippen LogP contribution in [0.2, 0.25) is 0 Å². The third kappa shape index (κ3) is 2.46. The number of benzene rings is 1. The minimum absolute atomic E-state index is 0.284. The van der Waals surface area contributed by atoms with E-state index in [1.165, 1.54) is 0 Å². The van der Waals surface area contributed by atoms with E-state index >= 15 is 0 Å². The minimum Gasteiger partial charge on any atom is -0.388 e. The van der Waals surface area contributed by atoms with Crippen LogP contribution < -0.4 is 10.0 Å². The maximum absolute atomic E-state index is 11.6. The predicted molar refractivity (Wildman–Crippen MR) is 56.9 cm³/mol. The van der Waals surface area contributed by atoms with Crippen LogP contribution in [-0.2, 0) is 10.0 Å². The molecule has 0 amide bonds. The van der Waals surface area contributed by atoms with Gasteiger partial charge in [0.25, 0.3) is 0 Å². The summed E-state index contributed by atoms with van der Waals surface area (Å²) in [7, 11) is -1.58. The van der Waals surface area contributed by atoms with E-state index < -0.39 is 10.0 Å². The molecule has 0 aliphatic carbocycles. The van der Waals surface area contributed by atoms with Crippen LogP contribution in [0.4, 0.5) is 5.69 Å². The third-order valence-corrected chi connectivity index (χ3v) is 3.31. The standard InChI is InChI=1S/C9H14N2O2S/c1-3-11-14(12,13)9-6-4-5-8(7-9)10-2/h4-7,10-11H,3H2,1-2H3. The molecule has 0 spiro atoms. The lowest BCUT2D eigenvalue weighted by atomic mass is 10.3. The normalized spacial score (nSPS) is 11.3. The van der Waals surface area contributed by atoms with Crippen molar-refractivity contribution in [3.8, 4) is 0 Å². The number of hydrogen-bond donors (Lipinski definition) is 2. The summed E-state index contributed by atoms with van der Waals surface area (Å²) in [5, 5.41) is 2.89. The summed E-state index contributed by atoms with van der Waals surface area (Å²) in [6.45, 7) is 2.14. The van der Waals surface area contributed by atoms with Gasteiger partial charge in [0.05, 0.1) is 4.90 Å². The molecule has 5 heteroatoms. The van der Waals surface area contributed by atoms with Crippen LogP contribution in [0.25, 0.3) is 0 Å². The van der Waals surface area contributed by atoms with Crippen LogP contribution in [0.15, 0.2) is 29.2 Å². The van der Waals surface area contributed by atoms with E-state index in [9.17, 15) is 8.42 Å². The number of anilines is 1. The summed E-state index contributed by atoms with van der Waals surface area (Å²) in [5.74, 6) is 0. The highest BCUT2D eigenvalue weighted by atomic mass is 32.2. The Morgan fingerprint density at radius 2 is 2.07 bits per heavy atom. The molecular weight excluding hydrogens is 200 g/mol. The van der Waals surface area contributed by atoms with Crippen LogP contribution >= 0.6 is 0 Å². The first-order chi connectivity index (χ1) is 6.60. The lowest BCUT2D eigenvalue weighted by Gasteiger charge is -2.06. The average molecular weight is 214 g/mol. The topological polar surface area (TPSA) is 58.2 Å². The van der Waals surface area contributed by atoms with Gasteiger partial charge in [-0.15, -0.1) is 0 Å². The summed E-state index contributed by atoms with van der Waals surface area (Å²) in [4.78, 5) is 0.284. The van der Waals surface area contributed by atoms with Crippen molar-refractivity contribution in [1.82, 2.24) is 4.72 Å². The molecule has 78 valence electrons. The molecule has 14 heavy (non-hydrogen) atoms. The maximum atomic E-state index is 11.6. The van der Waals surface area contributed by atoms with E-state index in [1.54, 1.807) is 32.2 Å². The quantitative estimate of drug-likeness (QED) is 0.787. The summed E-state index contributed by atoms with van der Waals surface area (Å²) in [5.41, 5.74) is 0.781. The molecule has 1 rings (SSSR count). The van der Waals surface area contributed by atoms with Gasteiger partial charge in [0.1, 0.15) is 0 Å². The SMILES string of the molecule is CCNS(=O)(=O)c1cccc(NC)c1. The van der Waals surface area contributed by atoms with Crippen molar-refractivity contribution in [2.75, 3.05) is 18.9 Å². The number of rotatable bonds is 4. The molecule has 0 saturated carbocycles. The van der Waals surface area contributed by atoms with Gasteiger partial charge in [-0.3, -0.25) is 0 Å². The van der Waals surface area contributed by atoms with Crippen molar-refractivity contribution >= 4 is 15.7 Å². The second-order valence-corrected chi connectivity index (χ2v) is 4.55. The summed E-state index contributed by atoms with van der Waals surface area (Å²) < 4.78 is 25.6. The molecule has 0 unspecified atom stereocenters. The van der Waals surface area contributed by atoms with Gasteiger partial charge in [-0.25, -0.2) is 13.1 Å². The van der Waals surface area contributed by atoms with Crippen LogP contribution in [0.5, 0.6) is 0 Å². The molecule has 0 atom stereocenters. The average Bonchev–Trinajstić information content (AvgIpc) is 2.18. The molecule has 0 saturated heterocycles. The monoisotopic (exact) mass is 214 g/mol.